The van der Waals surface area contributed by atoms with Crippen molar-refractivity contribution in [2.45, 2.75) is 56.7 Å². The number of morpholine rings is 1. The maximum absolute atomic E-state index is 14.2. The Bertz CT molecular complexity index is 1520. The average Bonchev–Trinajstić information content (AvgIpc) is 3.66. The van der Waals surface area contributed by atoms with Crippen molar-refractivity contribution in [3.63, 3.8) is 0 Å². The number of nitrogens with zero attached hydrogens (tertiary/aromatic N) is 6. The minimum atomic E-state index is -2.86. The highest BCUT2D eigenvalue weighted by molar-refractivity contribution is 7.91. The molecule has 4 aliphatic rings. The lowest BCUT2D eigenvalue weighted by Crippen LogP contribution is -2.47. The summed E-state index contributed by atoms with van der Waals surface area (Å²) in [5.74, 6) is 1.77. The van der Waals surface area contributed by atoms with E-state index in [0.717, 1.165) is 37.8 Å². The van der Waals surface area contributed by atoms with Crippen LogP contribution in [-0.4, -0.2) is 95.8 Å². The standard InChI is InChI=1S/C29H37F2N7O3S/c30-27(31)28-33-21-3-1-2-4-24(21)38(28)25-18-23(34-29(35-25)37-9-13-41-14-10-37)26-22(32-26)17-19-5-7-20(8-6-19)36-11-15-42(39,40)16-12-36/h1-4,18-20,22,26-27,32H,5-17H2. The van der Waals surface area contributed by atoms with Gasteiger partial charge in [-0.1, -0.05) is 12.1 Å². The summed E-state index contributed by atoms with van der Waals surface area (Å²) < 4.78 is 59.0. The van der Waals surface area contributed by atoms with Crippen molar-refractivity contribution in [2.24, 2.45) is 5.92 Å². The molecule has 0 amide bonds. The van der Waals surface area contributed by atoms with Gasteiger partial charge in [-0.3, -0.25) is 9.47 Å². The number of imidazole rings is 1. The molecule has 3 aromatic rings. The lowest BCUT2D eigenvalue weighted by atomic mass is 9.82. The van der Waals surface area contributed by atoms with Crippen molar-refractivity contribution < 1.29 is 21.9 Å². The molecule has 1 N–H and O–H groups in total. The lowest BCUT2D eigenvalue weighted by Gasteiger charge is -2.38. The minimum absolute atomic E-state index is 0.0429. The van der Waals surface area contributed by atoms with Gasteiger partial charge in [-0.05, 0) is 50.2 Å². The van der Waals surface area contributed by atoms with Gasteiger partial charge >= 0.3 is 0 Å². The molecule has 2 atom stereocenters. The second-order valence-electron chi connectivity index (χ2n) is 12.0. The van der Waals surface area contributed by atoms with Crippen molar-refractivity contribution in [3.05, 3.63) is 41.9 Å². The van der Waals surface area contributed by atoms with Gasteiger partial charge in [0.05, 0.1) is 47.5 Å². The molecule has 0 radical (unpaired) electrons. The first kappa shape index (κ1) is 28.1. The molecule has 1 aliphatic carbocycles. The number of rotatable bonds is 7. The van der Waals surface area contributed by atoms with E-state index >= 15 is 0 Å². The molecule has 5 heterocycles. The molecule has 2 unspecified atom stereocenters. The Morgan fingerprint density at radius 3 is 2.45 bits per heavy atom. The Morgan fingerprint density at radius 2 is 1.71 bits per heavy atom. The Morgan fingerprint density at radius 1 is 0.976 bits per heavy atom. The topological polar surface area (TPSA) is 115 Å². The summed E-state index contributed by atoms with van der Waals surface area (Å²) in [6, 6.07) is 9.79. The number of hydrogen-bond acceptors (Lipinski definition) is 9. The molecule has 7 rings (SSSR count). The fraction of sp³-hybridized carbons (Fsp3) is 0.621. The van der Waals surface area contributed by atoms with Crippen molar-refractivity contribution in [2.75, 3.05) is 55.8 Å². The van der Waals surface area contributed by atoms with Gasteiger partial charge < -0.3 is 15.0 Å². The molecule has 4 fully saturated rings. The summed E-state index contributed by atoms with van der Waals surface area (Å²) in [5.41, 5.74) is 1.91. The number of nitrogens with one attached hydrogen (secondary N) is 1. The number of halogens is 2. The highest BCUT2D eigenvalue weighted by atomic mass is 32.2. The van der Waals surface area contributed by atoms with Gasteiger partial charge in [-0.25, -0.2) is 27.2 Å². The van der Waals surface area contributed by atoms with Crippen LogP contribution in [0.2, 0.25) is 0 Å². The van der Waals surface area contributed by atoms with Crippen LogP contribution >= 0.6 is 0 Å². The van der Waals surface area contributed by atoms with Crippen LogP contribution in [0.25, 0.3) is 16.9 Å². The van der Waals surface area contributed by atoms with Gasteiger partial charge in [-0.15, -0.1) is 0 Å². The Kier molecular flexibility index (Phi) is 7.61. The molecule has 1 aromatic carbocycles. The number of aromatic nitrogens is 4. The third-order valence-electron chi connectivity index (χ3n) is 9.33. The number of sulfone groups is 1. The Hall–Kier alpha value is -2.74. The van der Waals surface area contributed by atoms with Crippen LogP contribution in [0, 0.1) is 5.92 Å². The molecule has 13 heteroatoms. The highest BCUT2D eigenvalue weighted by Gasteiger charge is 2.42. The molecule has 1 saturated carbocycles. The zero-order valence-corrected chi connectivity index (χ0v) is 24.4. The predicted octanol–water partition coefficient (Wildman–Crippen LogP) is 3.28. The summed E-state index contributed by atoms with van der Waals surface area (Å²) in [7, 11) is -2.86. The predicted molar refractivity (Wildman–Crippen MR) is 155 cm³/mol. The van der Waals surface area contributed by atoms with Crippen molar-refractivity contribution in [3.8, 4) is 5.82 Å². The first-order chi connectivity index (χ1) is 20.3. The Labute approximate surface area is 244 Å². The Balaban J connectivity index is 1.09. The van der Waals surface area contributed by atoms with Gasteiger partial charge in [-0.2, -0.15) is 4.98 Å². The number of alkyl halides is 2. The third kappa shape index (κ3) is 5.76. The van der Waals surface area contributed by atoms with E-state index in [4.69, 9.17) is 14.7 Å². The summed E-state index contributed by atoms with van der Waals surface area (Å²) in [6.07, 6.45) is 2.75. The SMILES string of the molecule is O=S1(=O)CCN(C2CCC(CC3NC3c3cc(-n4c(C(F)F)nc5ccccc54)nc(N4CCOCC4)n3)CC2)CC1. The maximum atomic E-state index is 14.2. The molecular formula is C29H37F2N7O3S. The van der Waals surface area contributed by atoms with Crippen LogP contribution in [0.5, 0.6) is 0 Å². The number of ether oxygens (including phenoxy) is 1. The van der Waals surface area contributed by atoms with Crippen LogP contribution in [0.3, 0.4) is 0 Å². The number of para-hydroxylation sites is 2. The second-order valence-corrected chi connectivity index (χ2v) is 14.3. The summed E-state index contributed by atoms with van der Waals surface area (Å²) in [6.45, 7) is 3.74. The normalized spacial score (nSPS) is 28.4. The van der Waals surface area contributed by atoms with Gasteiger partial charge in [0.15, 0.2) is 15.7 Å². The summed E-state index contributed by atoms with van der Waals surface area (Å²) in [5, 5.41) is 3.61. The largest absolute Gasteiger partial charge is 0.378 e. The zero-order valence-electron chi connectivity index (χ0n) is 23.5. The van der Waals surface area contributed by atoms with Crippen LogP contribution in [0.4, 0.5) is 14.7 Å². The van der Waals surface area contributed by atoms with Gasteiger partial charge in [0.2, 0.25) is 5.95 Å². The van der Waals surface area contributed by atoms with Crippen molar-refractivity contribution in [1.82, 2.24) is 29.7 Å². The first-order valence-electron chi connectivity index (χ1n) is 15.0. The van der Waals surface area contributed by atoms with Gasteiger partial charge in [0.1, 0.15) is 5.82 Å². The van der Waals surface area contributed by atoms with E-state index in [-0.39, 0.29) is 29.4 Å². The average molecular weight is 602 g/mol. The fourth-order valence-electron chi connectivity index (χ4n) is 6.92. The van der Waals surface area contributed by atoms with E-state index in [2.05, 4.69) is 20.1 Å². The summed E-state index contributed by atoms with van der Waals surface area (Å²) >= 11 is 0. The van der Waals surface area contributed by atoms with Crippen LogP contribution in [0.1, 0.15) is 56.1 Å². The maximum Gasteiger partial charge on any atom is 0.296 e. The molecule has 42 heavy (non-hydrogen) atoms. The van der Waals surface area contributed by atoms with Gasteiger partial charge in [0.25, 0.3) is 6.43 Å². The quantitative estimate of drug-likeness (QED) is 0.408. The number of fused-ring (bicyclic) bond motifs is 1. The molecule has 0 bridgehead atoms. The molecule has 3 saturated heterocycles. The van der Waals surface area contributed by atoms with Gasteiger partial charge in [0, 0.05) is 44.3 Å². The van der Waals surface area contributed by atoms with Crippen LogP contribution < -0.4 is 10.2 Å². The van der Waals surface area contributed by atoms with Crippen molar-refractivity contribution in [1.29, 1.82) is 0 Å². The van der Waals surface area contributed by atoms with E-state index in [1.807, 2.05) is 12.1 Å². The molecular weight excluding hydrogens is 564 g/mol. The number of hydrogen-bond donors (Lipinski definition) is 1. The minimum Gasteiger partial charge on any atom is -0.378 e. The first-order valence-corrected chi connectivity index (χ1v) is 16.8. The third-order valence-corrected chi connectivity index (χ3v) is 10.9. The second kappa shape index (κ2) is 11.4. The molecule has 226 valence electrons. The van der Waals surface area contributed by atoms with Crippen LogP contribution in [0.15, 0.2) is 30.3 Å². The number of anilines is 1. The highest BCUT2D eigenvalue weighted by Crippen LogP contribution is 2.40. The van der Waals surface area contributed by atoms with E-state index < -0.39 is 16.3 Å². The fourth-order valence-corrected chi connectivity index (χ4v) is 8.15. The van der Waals surface area contributed by atoms with Crippen LogP contribution in [-0.2, 0) is 14.6 Å². The summed E-state index contributed by atoms with van der Waals surface area (Å²) in [4.78, 5) is 18.4. The van der Waals surface area contributed by atoms with Crippen molar-refractivity contribution >= 4 is 26.8 Å². The van der Waals surface area contributed by atoms with E-state index in [0.29, 0.717) is 74.2 Å². The monoisotopic (exact) mass is 601 g/mol. The molecule has 10 nitrogen and oxygen atoms in total. The smallest absolute Gasteiger partial charge is 0.296 e. The van der Waals surface area contributed by atoms with E-state index in [1.165, 1.54) is 4.57 Å². The van der Waals surface area contributed by atoms with E-state index in [1.54, 1.807) is 18.2 Å². The molecule has 2 aromatic heterocycles. The zero-order chi connectivity index (χ0) is 28.8. The van der Waals surface area contributed by atoms with E-state index in [9.17, 15) is 17.2 Å². The number of benzene rings is 1. The molecule has 3 aliphatic heterocycles. The molecule has 0 spiro atoms. The lowest BCUT2D eigenvalue weighted by molar-refractivity contribution is 0.122.